The lowest BCUT2D eigenvalue weighted by molar-refractivity contribution is 0.157. The van der Waals surface area contributed by atoms with Crippen molar-refractivity contribution in [2.24, 2.45) is 0 Å². The third-order valence-corrected chi connectivity index (χ3v) is 4.99. The molecule has 1 atom stereocenters. The molecule has 124 valence electrons. The summed E-state index contributed by atoms with van der Waals surface area (Å²) in [6.45, 7) is 3.50. The van der Waals surface area contributed by atoms with Gasteiger partial charge in [0.05, 0.1) is 18.5 Å². The summed E-state index contributed by atoms with van der Waals surface area (Å²) in [7, 11) is 2.19. The molecule has 0 bridgehead atoms. The minimum Gasteiger partial charge on any atom is -0.380 e. The van der Waals surface area contributed by atoms with Gasteiger partial charge in [0.15, 0.2) is 0 Å². The van der Waals surface area contributed by atoms with Gasteiger partial charge in [-0.3, -0.25) is 4.90 Å². The zero-order valence-electron chi connectivity index (χ0n) is 14.1. The van der Waals surface area contributed by atoms with Crippen LogP contribution in [0.1, 0.15) is 17.7 Å². The van der Waals surface area contributed by atoms with Crippen molar-refractivity contribution in [2.45, 2.75) is 18.4 Å². The van der Waals surface area contributed by atoms with Gasteiger partial charge in [-0.2, -0.15) is 0 Å². The topological polar surface area (TPSA) is 29.8 Å². The van der Waals surface area contributed by atoms with Crippen LogP contribution >= 0.6 is 0 Å². The van der Waals surface area contributed by atoms with E-state index in [0.29, 0.717) is 0 Å². The molecule has 0 radical (unpaired) electrons. The molecule has 3 aromatic rings. The highest BCUT2D eigenvalue weighted by Gasteiger charge is 2.37. The van der Waals surface area contributed by atoms with E-state index in [4.69, 9.17) is 4.74 Å². The van der Waals surface area contributed by atoms with E-state index in [1.165, 1.54) is 11.3 Å². The molecule has 1 saturated heterocycles. The molecule has 0 spiro atoms. The van der Waals surface area contributed by atoms with E-state index in [1.54, 1.807) is 0 Å². The number of fused-ring (bicyclic) bond motifs is 1. The van der Waals surface area contributed by atoms with Crippen molar-refractivity contribution in [3.8, 4) is 0 Å². The van der Waals surface area contributed by atoms with Gasteiger partial charge in [-0.1, -0.05) is 36.4 Å². The lowest BCUT2D eigenvalue weighted by atomic mass is 9.79. The van der Waals surface area contributed by atoms with Gasteiger partial charge in [-0.25, -0.2) is 4.98 Å². The Morgan fingerprint density at radius 2 is 2.00 bits per heavy atom. The van der Waals surface area contributed by atoms with Gasteiger partial charge in [0, 0.05) is 31.3 Å². The lowest BCUT2D eigenvalue weighted by Gasteiger charge is -2.32. The van der Waals surface area contributed by atoms with E-state index in [1.807, 2.05) is 18.3 Å². The highest BCUT2D eigenvalue weighted by molar-refractivity contribution is 5.39. The summed E-state index contributed by atoms with van der Waals surface area (Å²) in [6, 6.07) is 16.9. The number of ether oxygens (including phenoxy) is 1. The van der Waals surface area contributed by atoms with Gasteiger partial charge in [0.1, 0.15) is 5.65 Å². The van der Waals surface area contributed by atoms with Crippen LogP contribution in [-0.4, -0.2) is 41.1 Å². The van der Waals surface area contributed by atoms with Gasteiger partial charge in [0.2, 0.25) is 0 Å². The molecule has 1 aliphatic rings. The van der Waals surface area contributed by atoms with Crippen LogP contribution in [0.5, 0.6) is 0 Å². The van der Waals surface area contributed by atoms with Gasteiger partial charge >= 0.3 is 0 Å². The maximum Gasteiger partial charge on any atom is 0.136 e. The molecule has 24 heavy (non-hydrogen) atoms. The SMILES string of the molecule is CN(Cc1cnc2ccccn12)C[C@]1(c2ccccc2)CCOC1. The van der Waals surface area contributed by atoms with Gasteiger partial charge in [-0.15, -0.1) is 0 Å². The summed E-state index contributed by atoms with van der Waals surface area (Å²) in [4.78, 5) is 6.88. The van der Waals surface area contributed by atoms with Crippen molar-refractivity contribution in [3.63, 3.8) is 0 Å². The Morgan fingerprint density at radius 1 is 1.17 bits per heavy atom. The fourth-order valence-corrected chi connectivity index (χ4v) is 3.79. The van der Waals surface area contributed by atoms with E-state index in [2.05, 4.69) is 63.9 Å². The molecule has 4 nitrogen and oxygen atoms in total. The average molecular weight is 321 g/mol. The Balaban J connectivity index is 1.55. The van der Waals surface area contributed by atoms with Crippen molar-refractivity contribution in [1.82, 2.24) is 14.3 Å². The van der Waals surface area contributed by atoms with Crippen LogP contribution in [-0.2, 0) is 16.7 Å². The van der Waals surface area contributed by atoms with E-state index in [-0.39, 0.29) is 5.41 Å². The molecular formula is C20H23N3O. The molecule has 1 aromatic carbocycles. The predicted octanol–water partition coefficient (Wildman–Crippen LogP) is 3.12. The second-order valence-electron chi connectivity index (χ2n) is 6.80. The maximum absolute atomic E-state index is 5.78. The lowest BCUT2D eigenvalue weighted by Crippen LogP contribution is -2.39. The van der Waals surface area contributed by atoms with Crippen molar-refractivity contribution in [3.05, 3.63) is 72.2 Å². The fraction of sp³-hybridized carbons (Fsp3) is 0.350. The number of rotatable bonds is 5. The number of nitrogens with zero attached hydrogens (tertiary/aromatic N) is 3. The maximum atomic E-state index is 5.78. The monoisotopic (exact) mass is 321 g/mol. The number of imidazole rings is 1. The highest BCUT2D eigenvalue weighted by atomic mass is 16.5. The molecule has 0 N–H and O–H groups in total. The Morgan fingerprint density at radius 3 is 2.79 bits per heavy atom. The molecule has 0 saturated carbocycles. The molecule has 3 heterocycles. The Hall–Kier alpha value is -2.17. The van der Waals surface area contributed by atoms with Crippen LogP contribution in [0.15, 0.2) is 60.9 Å². The van der Waals surface area contributed by atoms with E-state index >= 15 is 0 Å². The standard InChI is InChI=1S/C20H23N3O/c1-22(14-18-13-21-19-9-5-6-11-23(18)19)15-20(10-12-24-16-20)17-7-3-2-4-8-17/h2-9,11,13H,10,12,14-16H2,1H3/t20-/m1/s1. The summed E-state index contributed by atoms with van der Waals surface area (Å²) in [5.41, 5.74) is 3.70. The minimum atomic E-state index is 0.0938. The molecule has 1 aliphatic heterocycles. The van der Waals surface area contributed by atoms with Crippen molar-refractivity contribution in [1.29, 1.82) is 0 Å². The summed E-state index contributed by atoms with van der Waals surface area (Å²) in [5.74, 6) is 0. The third-order valence-electron chi connectivity index (χ3n) is 4.99. The molecular weight excluding hydrogens is 298 g/mol. The Labute approximate surface area is 142 Å². The largest absolute Gasteiger partial charge is 0.380 e. The van der Waals surface area contributed by atoms with Crippen LogP contribution in [0.2, 0.25) is 0 Å². The first-order valence-corrected chi connectivity index (χ1v) is 8.50. The minimum absolute atomic E-state index is 0.0938. The van der Waals surface area contributed by atoms with Crippen molar-refractivity contribution in [2.75, 3.05) is 26.8 Å². The number of pyridine rings is 1. The number of benzene rings is 1. The summed E-state index contributed by atoms with van der Waals surface area (Å²) >= 11 is 0. The first-order valence-electron chi connectivity index (χ1n) is 8.50. The second-order valence-corrected chi connectivity index (χ2v) is 6.80. The van der Waals surface area contributed by atoms with Gasteiger partial charge < -0.3 is 9.14 Å². The van der Waals surface area contributed by atoms with Crippen LogP contribution in [0, 0.1) is 0 Å². The van der Waals surface area contributed by atoms with E-state index in [0.717, 1.165) is 38.4 Å². The number of hydrogen-bond acceptors (Lipinski definition) is 3. The van der Waals surface area contributed by atoms with Crippen LogP contribution in [0.3, 0.4) is 0 Å². The fourth-order valence-electron chi connectivity index (χ4n) is 3.79. The summed E-state index contributed by atoms with van der Waals surface area (Å²) in [6.07, 6.45) is 5.14. The Kier molecular flexibility index (Phi) is 4.08. The Bertz CT molecular complexity index is 806. The van der Waals surface area contributed by atoms with Crippen molar-refractivity contribution >= 4 is 5.65 Å². The molecule has 0 aliphatic carbocycles. The number of aromatic nitrogens is 2. The number of likely N-dealkylation sites (N-methyl/N-ethyl adjacent to an activating group) is 1. The predicted molar refractivity (Wildman–Crippen MR) is 95.1 cm³/mol. The quantitative estimate of drug-likeness (QED) is 0.723. The zero-order chi connectivity index (χ0) is 16.4. The zero-order valence-corrected chi connectivity index (χ0v) is 14.1. The first kappa shape index (κ1) is 15.4. The molecule has 2 aromatic heterocycles. The smallest absolute Gasteiger partial charge is 0.136 e. The normalized spacial score (nSPS) is 20.9. The van der Waals surface area contributed by atoms with E-state index < -0.39 is 0 Å². The van der Waals surface area contributed by atoms with Crippen LogP contribution in [0.4, 0.5) is 0 Å². The van der Waals surface area contributed by atoms with Gasteiger partial charge in [-0.05, 0) is 31.2 Å². The summed E-state index contributed by atoms with van der Waals surface area (Å²) < 4.78 is 7.94. The van der Waals surface area contributed by atoms with Gasteiger partial charge in [0.25, 0.3) is 0 Å². The summed E-state index contributed by atoms with van der Waals surface area (Å²) in [5, 5.41) is 0. The first-order chi connectivity index (χ1) is 11.8. The molecule has 4 heteroatoms. The van der Waals surface area contributed by atoms with Crippen LogP contribution < -0.4 is 0 Å². The van der Waals surface area contributed by atoms with Crippen molar-refractivity contribution < 1.29 is 4.74 Å². The average Bonchev–Trinajstić information content (AvgIpc) is 3.24. The molecule has 0 unspecified atom stereocenters. The third kappa shape index (κ3) is 2.83. The van der Waals surface area contributed by atoms with E-state index in [9.17, 15) is 0 Å². The molecule has 0 amide bonds. The number of hydrogen-bond donors (Lipinski definition) is 0. The highest BCUT2D eigenvalue weighted by Crippen LogP contribution is 2.34. The second kappa shape index (κ2) is 6.38. The van der Waals surface area contributed by atoms with Crippen LogP contribution in [0.25, 0.3) is 5.65 Å². The molecule has 1 fully saturated rings. The molecule has 4 rings (SSSR count).